The molecule has 3 rings (SSSR count). The Morgan fingerprint density at radius 3 is 2.75 bits per heavy atom. The summed E-state index contributed by atoms with van der Waals surface area (Å²) < 4.78 is 5.56. The van der Waals surface area contributed by atoms with Crippen LogP contribution in [0.25, 0.3) is 0 Å². The van der Waals surface area contributed by atoms with Crippen molar-refractivity contribution < 1.29 is 4.74 Å². The third-order valence-corrected chi connectivity index (χ3v) is 3.97. The number of hydrogen-bond acceptors (Lipinski definition) is 2. The standard InChI is InChI=1S/C18H21NO/c1-12-4-6-17(13(2)10-12)19-14(3)15-5-7-18-16(11-15)8-9-20-18/h4-7,10-11,14,19H,8-9H2,1-3H3. The van der Waals surface area contributed by atoms with E-state index in [1.54, 1.807) is 0 Å². The van der Waals surface area contributed by atoms with Gasteiger partial charge in [0.1, 0.15) is 5.75 Å². The summed E-state index contributed by atoms with van der Waals surface area (Å²) in [5, 5.41) is 3.60. The molecule has 2 aromatic rings. The summed E-state index contributed by atoms with van der Waals surface area (Å²) >= 11 is 0. The molecule has 0 bridgehead atoms. The monoisotopic (exact) mass is 267 g/mol. The first-order chi connectivity index (χ1) is 9.63. The van der Waals surface area contributed by atoms with Gasteiger partial charge >= 0.3 is 0 Å². The van der Waals surface area contributed by atoms with E-state index in [9.17, 15) is 0 Å². The molecule has 0 fully saturated rings. The Labute approximate surface area is 120 Å². The van der Waals surface area contributed by atoms with Crippen LogP contribution in [-0.4, -0.2) is 6.61 Å². The first-order valence-electron chi connectivity index (χ1n) is 7.23. The van der Waals surface area contributed by atoms with Gasteiger partial charge in [0.25, 0.3) is 0 Å². The molecule has 0 spiro atoms. The highest BCUT2D eigenvalue weighted by atomic mass is 16.5. The van der Waals surface area contributed by atoms with Crippen LogP contribution in [0.3, 0.4) is 0 Å². The van der Waals surface area contributed by atoms with E-state index in [2.05, 4.69) is 62.5 Å². The quantitative estimate of drug-likeness (QED) is 0.889. The lowest BCUT2D eigenvalue weighted by Crippen LogP contribution is -2.08. The minimum atomic E-state index is 0.294. The fourth-order valence-corrected chi connectivity index (χ4v) is 2.77. The second kappa shape index (κ2) is 5.20. The molecule has 2 aromatic carbocycles. The van der Waals surface area contributed by atoms with Gasteiger partial charge in [0.2, 0.25) is 0 Å². The molecule has 0 radical (unpaired) electrons. The Morgan fingerprint density at radius 1 is 1.10 bits per heavy atom. The molecule has 104 valence electrons. The highest BCUT2D eigenvalue weighted by molar-refractivity contribution is 5.54. The normalized spacial score (nSPS) is 14.6. The maximum absolute atomic E-state index is 5.56. The first kappa shape index (κ1) is 13.0. The Balaban J connectivity index is 1.80. The molecule has 1 N–H and O–H groups in total. The minimum Gasteiger partial charge on any atom is -0.493 e. The van der Waals surface area contributed by atoms with Crippen molar-refractivity contribution in [2.24, 2.45) is 0 Å². The van der Waals surface area contributed by atoms with E-state index in [0.717, 1.165) is 18.8 Å². The van der Waals surface area contributed by atoms with Crippen molar-refractivity contribution in [1.82, 2.24) is 0 Å². The second-order valence-corrected chi connectivity index (χ2v) is 5.65. The van der Waals surface area contributed by atoms with Crippen molar-refractivity contribution in [2.75, 3.05) is 11.9 Å². The summed E-state index contributed by atoms with van der Waals surface area (Å²) in [6.07, 6.45) is 1.03. The van der Waals surface area contributed by atoms with Gasteiger partial charge in [0.15, 0.2) is 0 Å². The summed E-state index contributed by atoms with van der Waals surface area (Å²) in [4.78, 5) is 0. The Bertz CT molecular complexity index is 633. The van der Waals surface area contributed by atoms with Crippen LogP contribution < -0.4 is 10.1 Å². The van der Waals surface area contributed by atoms with E-state index in [4.69, 9.17) is 4.74 Å². The van der Waals surface area contributed by atoms with Crippen LogP contribution in [0.15, 0.2) is 36.4 Å². The van der Waals surface area contributed by atoms with Gasteiger partial charge in [-0.15, -0.1) is 0 Å². The highest BCUT2D eigenvalue weighted by Crippen LogP contribution is 2.30. The lowest BCUT2D eigenvalue weighted by Gasteiger charge is -2.18. The third kappa shape index (κ3) is 2.51. The fraction of sp³-hybridized carbons (Fsp3) is 0.333. The van der Waals surface area contributed by atoms with Gasteiger partial charge in [-0.3, -0.25) is 0 Å². The van der Waals surface area contributed by atoms with Gasteiger partial charge in [-0.1, -0.05) is 23.8 Å². The van der Waals surface area contributed by atoms with E-state index in [1.807, 2.05) is 0 Å². The number of ether oxygens (including phenoxy) is 1. The lowest BCUT2D eigenvalue weighted by molar-refractivity contribution is 0.357. The number of anilines is 1. The maximum Gasteiger partial charge on any atom is 0.122 e. The molecular weight excluding hydrogens is 246 g/mol. The van der Waals surface area contributed by atoms with E-state index in [1.165, 1.54) is 27.9 Å². The van der Waals surface area contributed by atoms with Crippen LogP contribution in [0, 0.1) is 13.8 Å². The topological polar surface area (TPSA) is 21.3 Å². The van der Waals surface area contributed by atoms with Gasteiger partial charge < -0.3 is 10.1 Å². The highest BCUT2D eigenvalue weighted by Gasteiger charge is 2.14. The molecule has 1 unspecified atom stereocenters. The predicted octanol–water partition coefficient (Wildman–Crippen LogP) is 4.41. The van der Waals surface area contributed by atoms with Crippen LogP contribution in [0.4, 0.5) is 5.69 Å². The number of benzene rings is 2. The average Bonchev–Trinajstić information content (AvgIpc) is 2.89. The van der Waals surface area contributed by atoms with Gasteiger partial charge in [-0.05, 0) is 55.7 Å². The second-order valence-electron chi connectivity index (χ2n) is 5.65. The smallest absolute Gasteiger partial charge is 0.122 e. The summed E-state index contributed by atoms with van der Waals surface area (Å²) in [5.41, 5.74) is 6.45. The summed E-state index contributed by atoms with van der Waals surface area (Å²) in [6, 6.07) is 13.3. The molecule has 1 atom stereocenters. The van der Waals surface area contributed by atoms with Gasteiger partial charge in [0, 0.05) is 18.2 Å². The number of fused-ring (bicyclic) bond motifs is 1. The fourth-order valence-electron chi connectivity index (χ4n) is 2.77. The SMILES string of the molecule is Cc1ccc(NC(C)c2ccc3c(c2)CCO3)c(C)c1. The molecule has 0 aromatic heterocycles. The molecule has 0 aliphatic carbocycles. The van der Waals surface area contributed by atoms with Crippen molar-refractivity contribution in [2.45, 2.75) is 33.2 Å². The molecular formula is C18H21NO. The van der Waals surface area contributed by atoms with Crippen molar-refractivity contribution in [3.05, 3.63) is 58.7 Å². The molecule has 1 aliphatic rings. The number of nitrogens with one attached hydrogen (secondary N) is 1. The summed E-state index contributed by atoms with van der Waals surface area (Å²) in [6.45, 7) is 7.30. The lowest BCUT2D eigenvalue weighted by atomic mass is 10.0. The zero-order valence-corrected chi connectivity index (χ0v) is 12.4. The average molecular weight is 267 g/mol. The predicted molar refractivity (Wildman–Crippen MR) is 83.6 cm³/mol. The third-order valence-electron chi connectivity index (χ3n) is 3.97. The van der Waals surface area contributed by atoms with E-state index in [0.29, 0.717) is 6.04 Å². The van der Waals surface area contributed by atoms with Gasteiger partial charge in [0.05, 0.1) is 6.61 Å². The van der Waals surface area contributed by atoms with Crippen molar-refractivity contribution in [3.8, 4) is 5.75 Å². The van der Waals surface area contributed by atoms with E-state index >= 15 is 0 Å². The zero-order valence-electron chi connectivity index (χ0n) is 12.4. The van der Waals surface area contributed by atoms with Crippen molar-refractivity contribution in [1.29, 1.82) is 0 Å². The number of aryl methyl sites for hydroxylation is 2. The molecule has 1 heterocycles. The number of hydrogen-bond donors (Lipinski definition) is 1. The van der Waals surface area contributed by atoms with Crippen LogP contribution in [0.5, 0.6) is 5.75 Å². The van der Waals surface area contributed by atoms with Crippen LogP contribution in [0.2, 0.25) is 0 Å². The van der Waals surface area contributed by atoms with Crippen molar-refractivity contribution >= 4 is 5.69 Å². The Kier molecular flexibility index (Phi) is 3.39. The molecule has 0 saturated heterocycles. The van der Waals surface area contributed by atoms with Crippen LogP contribution >= 0.6 is 0 Å². The van der Waals surface area contributed by atoms with E-state index < -0.39 is 0 Å². The van der Waals surface area contributed by atoms with Crippen LogP contribution in [-0.2, 0) is 6.42 Å². The summed E-state index contributed by atoms with van der Waals surface area (Å²) in [5.74, 6) is 1.05. The minimum absolute atomic E-state index is 0.294. The molecule has 0 saturated carbocycles. The number of rotatable bonds is 3. The van der Waals surface area contributed by atoms with Gasteiger partial charge in [-0.25, -0.2) is 0 Å². The van der Waals surface area contributed by atoms with Gasteiger partial charge in [-0.2, -0.15) is 0 Å². The molecule has 20 heavy (non-hydrogen) atoms. The molecule has 2 nitrogen and oxygen atoms in total. The maximum atomic E-state index is 5.56. The zero-order chi connectivity index (χ0) is 14.1. The summed E-state index contributed by atoms with van der Waals surface area (Å²) in [7, 11) is 0. The Morgan fingerprint density at radius 2 is 1.95 bits per heavy atom. The van der Waals surface area contributed by atoms with Crippen molar-refractivity contribution in [3.63, 3.8) is 0 Å². The first-order valence-corrected chi connectivity index (χ1v) is 7.23. The van der Waals surface area contributed by atoms with Crippen LogP contribution in [0.1, 0.15) is 35.2 Å². The molecule has 1 aliphatic heterocycles. The van der Waals surface area contributed by atoms with E-state index in [-0.39, 0.29) is 0 Å². The Hall–Kier alpha value is -1.96. The molecule has 2 heteroatoms. The largest absolute Gasteiger partial charge is 0.493 e. The molecule has 0 amide bonds.